The molecule has 1 fully saturated rings. The fraction of sp³-hybridized carbons (Fsp3) is 0.391. The van der Waals surface area contributed by atoms with Crippen LogP contribution in [0.2, 0.25) is 0 Å². The zero-order valence-electron chi connectivity index (χ0n) is 18.3. The van der Waals surface area contributed by atoms with Crippen LogP contribution >= 0.6 is 11.3 Å². The van der Waals surface area contributed by atoms with E-state index in [4.69, 9.17) is 9.47 Å². The number of anilines is 1. The smallest absolute Gasteiger partial charge is 0.260 e. The predicted molar refractivity (Wildman–Crippen MR) is 126 cm³/mol. The van der Waals surface area contributed by atoms with Gasteiger partial charge in [0.15, 0.2) is 15.0 Å². The highest BCUT2D eigenvalue weighted by molar-refractivity contribution is 7.92. The predicted octanol–water partition coefficient (Wildman–Crippen LogP) is 4.31. The van der Waals surface area contributed by atoms with Gasteiger partial charge in [-0.05, 0) is 63.1 Å². The normalized spacial score (nSPS) is 16.6. The molecular formula is C23H26N2O5S2. The van der Waals surface area contributed by atoms with Gasteiger partial charge in [0, 0.05) is 12.2 Å². The van der Waals surface area contributed by atoms with E-state index in [1.807, 2.05) is 18.2 Å². The first-order valence-electron chi connectivity index (χ1n) is 10.5. The summed E-state index contributed by atoms with van der Waals surface area (Å²) in [4.78, 5) is 20.0. The van der Waals surface area contributed by atoms with Crippen LogP contribution in [0, 0.1) is 0 Å². The molecule has 2 aromatic carbocycles. The number of amides is 1. The van der Waals surface area contributed by atoms with Gasteiger partial charge < -0.3 is 9.47 Å². The first-order chi connectivity index (χ1) is 15.3. The lowest BCUT2D eigenvalue weighted by Crippen LogP contribution is -2.37. The van der Waals surface area contributed by atoms with Crippen molar-refractivity contribution in [1.29, 1.82) is 0 Å². The lowest BCUT2D eigenvalue weighted by atomic mass is 10.2. The van der Waals surface area contributed by atoms with E-state index in [2.05, 4.69) is 4.98 Å². The molecular weight excluding hydrogens is 448 g/mol. The molecule has 1 atom stereocenters. The third kappa shape index (κ3) is 4.51. The molecule has 1 unspecified atom stereocenters. The highest BCUT2D eigenvalue weighted by atomic mass is 32.2. The molecule has 1 aliphatic rings. The van der Waals surface area contributed by atoms with Crippen LogP contribution in [-0.2, 0) is 14.6 Å². The van der Waals surface area contributed by atoms with Crippen molar-refractivity contribution in [1.82, 2.24) is 4.98 Å². The van der Waals surface area contributed by atoms with Gasteiger partial charge >= 0.3 is 0 Å². The molecule has 32 heavy (non-hydrogen) atoms. The number of carbonyl (C=O) groups excluding carboxylic acids is 1. The number of aromatic nitrogens is 1. The fourth-order valence-electron chi connectivity index (χ4n) is 3.61. The molecule has 0 saturated carbocycles. The molecule has 1 saturated heterocycles. The summed E-state index contributed by atoms with van der Waals surface area (Å²) in [5.74, 6) is 0.420. The van der Waals surface area contributed by atoms with Gasteiger partial charge in [0.05, 0.1) is 40.1 Å². The Hall–Kier alpha value is -2.49. The van der Waals surface area contributed by atoms with Crippen LogP contribution in [0.3, 0.4) is 0 Å². The molecule has 9 heteroatoms. The monoisotopic (exact) mass is 474 g/mol. The average molecular weight is 475 g/mol. The van der Waals surface area contributed by atoms with Crippen molar-refractivity contribution in [2.75, 3.05) is 25.2 Å². The molecule has 0 radical (unpaired) electrons. The summed E-state index contributed by atoms with van der Waals surface area (Å²) >= 11 is 1.40. The Morgan fingerprint density at radius 1 is 1.28 bits per heavy atom. The second-order valence-corrected chi connectivity index (χ2v) is 11.5. The van der Waals surface area contributed by atoms with E-state index in [0.29, 0.717) is 23.8 Å². The largest absolute Gasteiger partial charge is 0.497 e. The average Bonchev–Trinajstić information content (AvgIpc) is 3.45. The van der Waals surface area contributed by atoms with Crippen LogP contribution < -0.4 is 9.64 Å². The van der Waals surface area contributed by atoms with Crippen LogP contribution in [0.15, 0.2) is 47.4 Å². The van der Waals surface area contributed by atoms with Gasteiger partial charge in [0.2, 0.25) is 0 Å². The van der Waals surface area contributed by atoms with Crippen LogP contribution in [0.1, 0.15) is 37.0 Å². The standard InChI is InChI=1S/C23H26N2O5S2/c1-15(2)32(27,28)19-8-4-6-16(12-19)22(26)25(14-18-7-5-11-30-18)23-24-20-10-9-17(29-3)13-21(20)31-23/h4,6,8-10,12-13,15,18H,5,7,11,14H2,1-3H3. The van der Waals surface area contributed by atoms with Crippen LogP contribution in [0.5, 0.6) is 5.75 Å². The van der Waals surface area contributed by atoms with Gasteiger partial charge in [0.1, 0.15) is 5.75 Å². The number of ether oxygens (including phenoxy) is 2. The number of rotatable bonds is 7. The number of benzene rings is 2. The molecule has 7 nitrogen and oxygen atoms in total. The van der Waals surface area contributed by atoms with Gasteiger partial charge in [-0.1, -0.05) is 17.4 Å². The quantitative estimate of drug-likeness (QED) is 0.507. The van der Waals surface area contributed by atoms with Gasteiger partial charge in [0.25, 0.3) is 5.91 Å². The Kier molecular flexibility index (Phi) is 6.50. The third-order valence-electron chi connectivity index (χ3n) is 5.50. The Labute approximate surface area is 191 Å². The van der Waals surface area contributed by atoms with Crippen LogP contribution in [-0.4, -0.2) is 50.9 Å². The van der Waals surface area contributed by atoms with Crippen molar-refractivity contribution < 1.29 is 22.7 Å². The summed E-state index contributed by atoms with van der Waals surface area (Å²) in [6.07, 6.45) is 1.74. The number of hydrogen-bond donors (Lipinski definition) is 0. The summed E-state index contributed by atoms with van der Waals surface area (Å²) in [5.41, 5.74) is 1.08. The zero-order valence-corrected chi connectivity index (χ0v) is 19.9. The molecule has 1 amide bonds. The molecule has 0 bridgehead atoms. The van der Waals surface area contributed by atoms with E-state index < -0.39 is 15.1 Å². The second-order valence-electron chi connectivity index (χ2n) is 8.00. The molecule has 1 aromatic heterocycles. The Morgan fingerprint density at radius 2 is 2.09 bits per heavy atom. The number of nitrogens with zero attached hydrogens (tertiary/aromatic N) is 2. The van der Waals surface area contributed by atoms with Gasteiger partial charge in [-0.3, -0.25) is 9.69 Å². The molecule has 4 rings (SSSR count). The molecule has 1 aliphatic heterocycles. The zero-order chi connectivity index (χ0) is 22.9. The van der Waals surface area contributed by atoms with E-state index in [9.17, 15) is 13.2 Å². The highest BCUT2D eigenvalue weighted by Gasteiger charge is 2.28. The lowest BCUT2D eigenvalue weighted by molar-refractivity contribution is 0.0917. The minimum absolute atomic E-state index is 0.0805. The van der Waals surface area contributed by atoms with Crippen molar-refractivity contribution in [3.8, 4) is 5.75 Å². The second kappa shape index (κ2) is 9.17. The van der Waals surface area contributed by atoms with Crippen molar-refractivity contribution >= 4 is 42.4 Å². The van der Waals surface area contributed by atoms with E-state index in [1.54, 1.807) is 38.0 Å². The summed E-state index contributed by atoms with van der Waals surface area (Å²) in [6, 6.07) is 11.8. The maximum atomic E-state index is 13.6. The summed E-state index contributed by atoms with van der Waals surface area (Å²) in [7, 11) is -1.89. The number of methoxy groups -OCH3 is 1. The van der Waals surface area contributed by atoms with Crippen molar-refractivity contribution in [2.45, 2.75) is 42.9 Å². The number of hydrogen-bond acceptors (Lipinski definition) is 7. The van der Waals surface area contributed by atoms with Crippen LogP contribution in [0.4, 0.5) is 5.13 Å². The van der Waals surface area contributed by atoms with E-state index >= 15 is 0 Å². The first-order valence-corrected chi connectivity index (χ1v) is 12.9. The Balaban J connectivity index is 1.73. The fourth-order valence-corrected chi connectivity index (χ4v) is 5.71. The molecule has 2 heterocycles. The maximum absolute atomic E-state index is 13.6. The van der Waals surface area contributed by atoms with E-state index in [0.717, 1.165) is 28.8 Å². The summed E-state index contributed by atoms with van der Waals surface area (Å²) in [6.45, 7) is 4.29. The maximum Gasteiger partial charge on any atom is 0.260 e. The summed E-state index contributed by atoms with van der Waals surface area (Å²) in [5, 5.41) is -0.0269. The minimum Gasteiger partial charge on any atom is -0.497 e. The molecule has 0 spiro atoms. The Morgan fingerprint density at radius 3 is 2.78 bits per heavy atom. The number of carbonyl (C=O) groups is 1. The van der Waals surface area contributed by atoms with E-state index in [-0.39, 0.29) is 16.9 Å². The lowest BCUT2D eigenvalue weighted by Gasteiger charge is -2.23. The van der Waals surface area contributed by atoms with Crippen molar-refractivity contribution in [3.63, 3.8) is 0 Å². The SMILES string of the molecule is COc1ccc2nc(N(CC3CCCO3)C(=O)c3cccc(S(=O)(=O)C(C)C)c3)sc2c1. The number of sulfone groups is 1. The van der Waals surface area contributed by atoms with E-state index in [1.165, 1.54) is 23.5 Å². The number of thiazole rings is 1. The van der Waals surface area contributed by atoms with Gasteiger partial charge in [-0.25, -0.2) is 13.4 Å². The van der Waals surface area contributed by atoms with Crippen molar-refractivity contribution in [3.05, 3.63) is 48.0 Å². The molecule has 170 valence electrons. The first kappa shape index (κ1) is 22.7. The molecule has 3 aromatic rings. The minimum atomic E-state index is -3.50. The topological polar surface area (TPSA) is 85.8 Å². The molecule has 0 aliphatic carbocycles. The van der Waals surface area contributed by atoms with Gasteiger partial charge in [-0.15, -0.1) is 0 Å². The molecule has 0 N–H and O–H groups in total. The Bertz CT molecular complexity index is 1230. The van der Waals surface area contributed by atoms with Crippen molar-refractivity contribution in [2.24, 2.45) is 0 Å². The number of fused-ring (bicyclic) bond motifs is 1. The highest BCUT2D eigenvalue weighted by Crippen LogP contribution is 2.33. The third-order valence-corrected chi connectivity index (χ3v) is 8.69. The van der Waals surface area contributed by atoms with Gasteiger partial charge in [-0.2, -0.15) is 0 Å². The summed E-state index contributed by atoms with van der Waals surface area (Å²) < 4.78 is 37.3. The van der Waals surface area contributed by atoms with Crippen LogP contribution in [0.25, 0.3) is 10.2 Å².